The number of carbonyl (C=O) groups is 4. The molecule has 1 saturated heterocycles. The molecule has 0 aromatic carbocycles. The fraction of sp³-hybridized carbons (Fsp3) is 0.714. The Labute approximate surface area is 149 Å². The Morgan fingerprint density at radius 3 is 1.92 bits per heavy atom. The number of ether oxygens (including phenoxy) is 5. The van der Waals surface area contributed by atoms with Crippen LogP contribution in [0.4, 0.5) is 0 Å². The summed E-state index contributed by atoms with van der Waals surface area (Å²) in [4.78, 5) is 46.0. The van der Waals surface area contributed by atoms with E-state index < -0.39 is 88.1 Å². The van der Waals surface area contributed by atoms with Crippen LogP contribution >= 0.6 is 11.6 Å². The number of rotatable bonds is 5. The third kappa shape index (κ3) is 5.97. The maximum atomic E-state index is 11.6. The maximum absolute atomic E-state index is 11.6. The molecule has 0 aromatic heterocycles. The molecule has 1 fully saturated rings. The second kappa shape index (κ2) is 8.84. The van der Waals surface area contributed by atoms with Gasteiger partial charge in [-0.15, -0.1) is 0 Å². The number of hydrogen-bond acceptors (Lipinski definition) is 9. The number of alkyl halides is 1. The molecule has 0 saturated carbocycles. The average Bonchev–Trinajstić information content (AvgIpc) is 2.69. The van der Waals surface area contributed by atoms with Crippen molar-refractivity contribution in [1.82, 2.24) is 0 Å². The number of hydrogen-bond donors (Lipinski definition) is 0. The van der Waals surface area contributed by atoms with E-state index in [1.807, 2.05) is 0 Å². The van der Waals surface area contributed by atoms with Crippen molar-refractivity contribution in [2.45, 2.75) is 57.6 Å². The zero-order valence-electron chi connectivity index (χ0n) is 16.5. The molecular weight excluding hydrogens is 348 g/mol. The minimum Gasteiger partial charge on any atom is -0.463 e. The molecule has 24 heavy (non-hydrogen) atoms. The van der Waals surface area contributed by atoms with Gasteiger partial charge in [-0.25, -0.2) is 0 Å². The molecule has 0 bridgehead atoms. The lowest BCUT2D eigenvalue weighted by molar-refractivity contribution is -0.238. The van der Waals surface area contributed by atoms with Gasteiger partial charge in [0.15, 0.2) is 23.9 Å². The molecule has 1 aliphatic heterocycles. The van der Waals surface area contributed by atoms with Gasteiger partial charge in [-0.3, -0.25) is 19.2 Å². The first kappa shape index (κ1) is 14.5. The molecular formula is C14H19ClO9. The van der Waals surface area contributed by atoms with Crippen molar-refractivity contribution in [1.29, 1.82) is 0 Å². The fourth-order valence-electron chi connectivity index (χ4n) is 2.03. The van der Waals surface area contributed by atoms with Crippen LogP contribution in [0.1, 0.15) is 33.1 Å². The lowest BCUT2D eigenvalue weighted by Gasteiger charge is -2.42. The highest BCUT2D eigenvalue weighted by molar-refractivity contribution is 6.20. The first-order valence-corrected chi connectivity index (χ1v) is 6.91. The van der Waals surface area contributed by atoms with E-state index in [2.05, 4.69) is 0 Å². The van der Waals surface area contributed by atoms with E-state index in [0.29, 0.717) is 0 Å². The Morgan fingerprint density at radius 1 is 0.875 bits per heavy atom. The quantitative estimate of drug-likeness (QED) is 0.383. The molecule has 0 aliphatic carbocycles. The molecule has 1 heterocycles. The number of carbonyl (C=O) groups excluding carboxylic acids is 4. The Balaban J connectivity index is 3.17. The lowest BCUT2D eigenvalue weighted by Crippen LogP contribution is -2.61. The Kier molecular flexibility index (Phi) is 5.33. The summed E-state index contributed by atoms with van der Waals surface area (Å²) in [5.74, 6) is -4.05. The summed E-state index contributed by atoms with van der Waals surface area (Å²) in [5.41, 5.74) is -1.44. The average molecular weight is 371 g/mol. The highest BCUT2D eigenvalue weighted by atomic mass is 35.5. The van der Waals surface area contributed by atoms with Crippen molar-refractivity contribution in [3.63, 3.8) is 0 Å². The highest BCUT2D eigenvalue weighted by Crippen LogP contribution is 2.30. The van der Waals surface area contributed by atoms with Crippen molar-refractivity contribution in [2.75, 3.05) is 6.61 Å². The van der Waals surface area contributed by atoms with Crippen molar-refractivity contribution in [2.24, 2.45) is 0 Å². The van der Waals surface area contributed by atoms with Crippen molar-refractivity contribution < 1.29 is 48.3 Å². The van der Waals surface area contributed by atoms with E-state index in [-0.39, 0.29) is 0 Å². The van der Waals surface area contributed by atoms with Crippen molar-refractivity contribution in [3.05, 3.63) is 0 Å². The van der Waals surface area contributed by atoms with Crippen molar-refractivity contribution in [3.8, 4) is 0 Å². The Bertz CT molecular complexity index is 579. The molecule has 1 unspecified atom stereocenters. The number of esters is 4. The summed E-state index contributed by atoms with van der Waals surface area (Å²) in [5, 5.41) is 0. The minimum atomic E-state index is -1.54. The first-order chi connectivity index (χ1) is 13.3. The van der Waals surface area contributed by atoms with Crippen LogP contribution in [-0.2, 0) is 42.9 Å². The lowest BCUT2D eigenvalue weighted by atomic mass is 9.99. The van der Waals surface area contributed by atoms with Gasteiger partial charge in [-0.05, 0) is 0 Å². The van der Waals surface area contributed by atoms with Gasteiger partial charge < -0.3 is 23.7 Å². The highest BCUT2D eigenvalue weighted by Gasteiger charge is 2.51. The summed E-state index contributed by atoms with van der Waals surface area (Å²) in [6.07, 6.45) is -5.81. The summed E-state index contributed by atoms with van der Waals surface area (Å²) in [6, 6.07) is 0. The molecule has 0 spiro atoms. The van der Waals surface area contributed by atoms with E-state index in [0.717, 1.165) is 0 Å². The third-order valence-electron chi connectivity index (χ3n) is 2.79. The molecule has 0 aromatic rings. The minimum absolute atomic E-state index is 0.537. The van der Waals surface area contributed by atoms with E-state index in [1.165, 1.54) is 0 Å². The van der Waals surface area contributed by atoms with E-state index in [1.54, 1.807) is 0 Å². The zero-order chi connectivity index (χ0) is 21.3. The number of halogens is 1. The molecule has 0 amide bonds. The van der Waals surface area contributed by atoms with Crippen LogP contribution in [0.3, 0.4) is 0 Å². The SMILES string of the molecule is [2H]CC(=O)OC[C@H]1OC(Cl)[C@H](OC(=O)C[2H])[C@@H](OC(=O)C[2H])[C@H]1OC(=O)C[2H]. The van der Waals surface area contributed by atoms with Crippen LogP contribution < -0.4 is 0 Å². The molecule has 136 valence electrons. The molecule has 10 heteroatoms. The van der Waals surface area contributed by atoms with Crippen LogP contribution in [0.25, 0.3) is 0 Å². The summed E-state index contributed by atoms with van der Waals surface area (Å²) >= 11 is 6.03. The predicted molar refractivity (Wildman–Crippen MR) is 77.8 cm³/mol. The van der Waals surface area contributed by atoms with Gasteiger partial charge in [0, 0.05) is 33.1 Å². The largest absolute Gasteiger partial charge is 0.463 e. The summed E-state index contributed by atoms with van der Waals surface area (Å²) in [7, 11) is 0. The summed E-state index contributed by atoms with van der Waals surface area (Å²) < 4.78 is 53.3. The second-order valence-electron chi connectivity index (χ2n) is 4.57. The van der Waals surface area contributed by atoms with Crippen LogP contribution in [0, 0.1) is 0 Å². The van der Waals surface area contributed by atoms with Gasteiger partial charge in [-0.1, -0.05) is 11.6 Å². The molecule has 5 atom stereocenters. The van der Waals surface area contributed by atoms with Gasteiger partial charge in [0.1, 0.15) is 12.7 Å². The summed E-state index contributed by atoms with van der Waals surface area (Å²) in [6.45, 7) is -3.60. The smallest absolute Gasteiger partial charge is 0.303 e. The molecule has 0 radical (unpaired) electrons. The Morgan fingerprint density at radius 2 is 1.38 bits per heavy atom. The molecule has 9 nitrogen and oxygen atoms in total. The first-order valence-electron chi connectivity index (χ1n) is 9.30. The molecule has 0 N–H and O–H groups in total. The van der Waals surface area contributed by atoms with E-state index >= 15 is 0 Å². The van der Waals surface area contributed by atoms with Gasteiger partial charge in [0.25, 0.3) is 0 Å². The normalized spacial score (nSPS) is 31.5. The van der Waals surface area contributed by atoms with Gasteiger partial charge in [-0.2, -0.15) is 0 Å². The van der Waals surface area contributed by atoms with Gasteiger partial charge >= 0.3 is 23.9 Å². The van der Waals surface area contributed by atoms with Crippen molar-refractivity contribution >= 4 is 35.5 Å². The van der Waals surface area contributed by atoms with E-state index in [4.69, 9.17) is 40.8 Å². The third-order valence-corrected chi connectivity index (χ3v) is 3.14. The van der Waals surface area contributed by atoms with E-state index in [9.17, 15) is 19.2 Å². The molecule has 1 aliphatic rings. The standard InChI is InChI=1S/C14H19ClO9/c1-6(16)20-5-10-11(21-7(2)17)12(22-8(3)18)13(14(15)24-10)23-9(4)19/h10-14H,5H2,1-4H3/t10-,11+,12+,13-,14?/m1/s1/i1D,2D,3D,4D. The maximum Gasteiger partial charge on any atom is 0.303 e. The Hall–Kier alpha value is -1.87. The second-order valence-corrected chi connectivity index (χ2v) is 5.00. The monoisotopic (exact) mass is 370 g/mol. The zero-order valence-corrected chi connectivity index (χ0v) is 13.2. The topological polar surface area (TPSA) is 114 Å². The van der Waals surface area contributed by atoms with Gasteiger partial charge in [0.2, 0.25) is 0 Å². The van der Waals surface area contributed by atoms with Crippen LogP contribution in [0.5, 0.6) is 0 Å². The predicted octanol–water partition coefficient (Wildman–Crippen LogP) is 0.308. The van der Waals surface area contributed by atoms with Crippen LogP contribution in [-0.4, -0.2) is 60.5 Å². The van der Waals surface area contributed by atoms with Gasteiger partial charge in [0.05, 0.1) is 0 Å². The van der Waals surface area contributed by atoms with Crippen LogP contribution in [0.15, 0.2) is 0 Å². The fourth-order valence-corrected chi connectivity index (χ4v) is 2.36. The van der Waals surface area contributed by atoms with Crippen LogP contribution in [0.2, 0.25) is 0 Å². The molecule has 1 rings (SSSR count).